The van der Waals surface area contributed by atoms with Crippen LogP contribution in [0.2, 0.25) is 0 Å². The predicted octanol–water partition coefficient (Wildman–Crippen LogP) is -0.266. The van der Waals surface area contributed by atoms with Crippen molar-refractivity contribution in [2.75, 3.05) is 52.7 Å². The molecule has 0 fully saturated rings. The standard InChI is InChI=1S/C10H24N2O3/c11-3-1-5-14-9-10-15-7-2-6-13-8-4-12/h1-12H2. The van der Waals surface area contributed by atoms with Gasteiger partial charge in [0.25, 0.3) is 0 Å². The molecule has 0 unspecified atom stereocenters. The Morgan fingerprint density at radius 2 is 1.07 bits per heavy atom. The van der Waals surface area contributed by atoms with Crippen LogP contribution in [-0.4, -0.2) is 52.7 Å². The lowest BCUT2D eigenvalue weighted by atomic mass is 10.5. The molecule has 0 aromatic carbocycles. The Morgan fingerprint density at radius 3 is 1.60 bits per heavy atom. The van der Waals surface area contributed by atoms with Gasteiger partial charge < -0.3 is 25.7 Å². The molecule has 5 nitrogen and oxygen atoms in total. The number of ether oxygens (including phenoxy) is 3. The zero-order valence-electron chi connectivity index (χ0n) is 9.45. The van der Waals surface area contributed by atoms with Gasteiger partial charge >= 0.3 is 0 Å². The first-order valence-electron chi connectivity index (χ1n) is 5.55. The SMILES string of the molecule is NCCCOCCOCCCOCCN. The largest absolute Gasteiger partial charge is 0.380 e. The fourth-order valence-electron chi connectivity index (χ4n) is 0.956. The van der Waals surface area contributed by atoms with Gasteiger partial charge in [0.15, 0.2) is 0 Å². The van der Waals surface area contributed by atoms with E-state index in [0.717, 1.165) is 19.4 Å². The van der Waals surface area contributed by atoms with E-state index in [2.05, 4.69) is 0 Å². The first-order valence-corrected chi connectivity index (χ1v) is 5.55. The summed E-state index contributed by atoms with van der Waals surface area (Å²) >= 11 is 0. The molecule has 15 heavy (non-hydrogen) atoms. The molecule has 0 rings (SSSR count). The van der Waals surface area contributed by atoms with Gasteiger partial charge in [0.05, 0.1) is 19.8 Å². The first-order chi connectivity index (χ1) is 7.41. The number of nitrogens with two attached hydrogens (primary N) is 2. The smallest absolute Gasteiger partial charge is 0.0700 e. The van der Waals surface area contributed by atoms with Crippen LogP contribution >= 0.6 is 0 Å². The molecular weight excluding hydrogens is 196 g/mol. The second-order valence-corrected chi connectivity index (χ2v) is 3.12. The van der Waals surface area contributed by atoms with Gasteiger partial charge in [-0.1, -0.05) is 0 Å². The Bertz CT molecular complexity index is 103. The maximum absolute atomic E-state index is 5.33. The Labute approximate surface area is 92.0 Å². The molecule has 4 N–H and O–H groups in total. The van der Waals surface area contributed by atoms with Crippen LogP contribution in [0.5, 0.6) is 0 Å². The molecule has 5 heteroatoms. The summed E-state index contributed by atoms with van der Waals surface area (Å²) < 4.78 is 15.8. The Kier molecular flexibility index (Phi) is 13.6. The van der Waals surface area contributed by atoms with E-state index >= 15 is 0 Å². The highest BCUT2D eigenvalue weighted by atomic mass is 16.5. The predicted molar refractivity (Wildman–Crippen MR) is 59.8 cm³/mol. The van der Waals surface area contributed by atoms with Crippen molar-refractivity contribution in [2.45, 2.75) is 12.8 Å². The van der Waals surface area contributed by atoms with E-state index in [1.807, 2.05) is 0 Å². The molecule has 0 atom stereocenters. The zero-order valence-corrected chi connectivity index (χ0v) is 9.45. The van der Waals surface area contributed by atoms with Crippen molar-refractivity contribution >= 4 is 0 Å². The van der Waals surface area contributed by atoms with Gasteiger partial charge in [-0.2, -0.15) is 0 Å². The average Bonchev–Trinajstić information content (AvgIpc) is 2.26. The Balaban J connectivity index is 2.81. The van der Waals surface area contributed by atoms with Crippen LogP contribution in [0.15, 0.2) is 0 Å². The van der Waals surface area contributed by atoms with Crippen molar-refractivity contribution in [2.24, 2.45) is 11.5 Å². The molecule has 0 aliphatic heterocycles. The number of rotatable bonds is 12. The molecule has 0 aromatic rings. The topological polar surface area (TPSA) is 79.7 Å². The lowest BCUT2D eigenvalue weighted by Gasteiger charge is -2.05. The van der Waals surface area contributed by atoms with E-state index < -0.39 is 0 Å². The highest BCUT2D eigenvalue weighted by molar-refractivity contribution is 4.38. The Morgan fingerprint density at radius 1 is 0.533 bits per heavy atom. The average molecular weight is 220 g/mol. The van der Waals surface area contributed by atoms with Gasteiger partial charge in [-0.15, -0.1) is 0 Å². The molecular formula is C10H24N2O3. The van der Waals surface area contributed by atoms with Crippen molar-refractivity contribution < 1.29 is 14.2 Å². The fourth-order valence-corrected chi connectivity index (χ4v) is 0.956. The van der Waals surface area contributed by atoms with Gasteiger partial charge in [0.2, 0.25) is 0 Å². The first kappa shape index (κ1) is 14.8. The van der Waals surface area contributed by atoms with Gasteiger partial charge in [0.1, 0.15) is 0 Å². The lowest BCUT2D eigenvalue weighted by Crippen LogP contribution is -2.11. The number of hydrogen-bond acceptors (Lipinski definition) is 5. The molecule has 0 aliphatic rings. The van der Waals surface area contributed by atoms with Crippen LogP contribution in [0, 0.1) is 0 Å². The zero-order chi connectivity index (χ0) is 11.2. The summed E-state index contributed by atoms with van der Waals surface area (Å²) in [7, 11) is 0. The van der Waals surface area contributed by atoms with Crippen molar-refractivity contribution in [1.29, 1.82) is 0 Å². The molecule has 0 saturated heterocycles. The highest BCUT2D eigenvalue weighted by Crippen LogP contribution is 1.86. The third kappa shape index (κ3) is 13.8. The van der Waals surface area contributed by atoms with Gasteiger partial charge in [0, 0.05) is 26.4 Å². The second-order valence-electron chi connectivity index (χ2n) is 3.12. The van der Waals surface area contributed by atoms with Gasteiger partial charge in [-0.05, 0) is 19.4 Å². The van der Waals surface area contributed by atoms with Gasteiger partial charge in [-0.25, -0.2) is 0 Å². The minimum atomic E-state index is 0.579. The summed E-state index contributed by atoms with van der Waals surface area (Å²) in [6, 6.07) is 0. The summed E-state index contributed by atoms with van der Waals surface area (Å²) in [5.41, 5.74) is 10.6. The minimum Gasteiger partial charge on any atom is -0.380 e. The van der Waals surface area contributed by atoms with E-state index in [1.165, 1.54) is 0 Å². The monoisotopic (exact) mass is 220 g/mol. The van der Waals surface area contributed by atoms with Crippen molar-refractivity contribution in [3.05, 3.63) is 0 Å². The molecule has 0 aromatic heterocycles. The molecule has 92 valence electrons. The minimum absolute atomic E-state index is 0.579. The molecule has 0 spiro atoms. The van der Waals surface area contributed by atoms with Crippen LogP contribution in [0.25, 0.3) is 0 Å². The van der Waals surface area contributed by atoms with Crippen molar-refractivity contribution in [1.82, 2.24) is 0 Å². The summed E-state index contributed by atoms with van der Waals surface area (Å²) in [6.07, 6.45) is 1.82. The van der Waals surface area contributed by atoms with E-state index in [-0.39, 0.29) is 0 Å². The highest BCUT2D eigenvalue weighted by Gasteiger charge is 1.91. The van der Waals surface area contributed by atoms with E-state index in [4.69, 9.17) is 25.7 Å². The molecule has 0 amide bonds. The van der Waals surface area contributed by atoms with Crippen molar-refractivity contribution in [3.63, 3.8) is 0 Å². The molecule has 0 saturated carbocycles. The second kappa shape index (κ2) is 13.8. The third-order valence-electron chi connectivity index (χ3n) is 1.70. The van der Waals surface area contributed by atoms with Crippen LogP contribution in [0.3, 0.4) is 0 Å². The van der Waals surface area contributed by atoms with Crippen LogP contribution in [-0.2, 0) is 14.2 Å². The molecule has 0 heterocycles. The van der Waals surface area contributed by atoms with Crippen LogP contribution in [0.1, 0.15) is 12.8 Å². The van der Waals surface area contributed by atoms with Crippen molar-refractivity contribution in [3.8, 4) is 0 Å². The van der Waals surface area contributed by atoms with Crippen LogP contribution in [0.4, 0.5) is 0 Å². The maximum atomic E-state index is 5.33. The lowest BCUT2D eigenvalue weighted by molar-refractivity contribution is 0.0361. The molecule has 0 bridgehead atoms. The van der Waals surface area contributed by atoms with E-state index in [9.17, 15) is 0 Å². The van der Waals surface area contributed by atoms with Gasteiger partial charge in [-0.3, -0.25) is 0 Å². The third-order valence-corrected chi connectivity index (χ3v) is 1.70. The fraction of sp³-hybridized carbons (Fsp3) is 1.00. The quantitative estimate of drug-likeness (QED) is 0.443. The van der Waals surface area contributed by atoms with E-state index in [1.54, 1.807) is 0 Å². The normalized spacial score (nSPS) is 10.8. The van der Waals surface area contributed by atoms with E-state index in [0.29, 0.717) is 46.1 Å². The molecule has 0 aliphatic carbocycles. The number of hydrogen-bond donors (Lipinski definition) is 2. The summed E-state index contributed by atoms with van der Waals surface area (Å²) in [5.74, 6) is 0. The Hall–Kier alpha value is -0.200. The summed E-state index contributed by atoms with van der Waals surface area (Å²) in [4.78, 5) is 0. The summed E-state index contributed by atoms with van der Waals surface area (Å²) in [6.45, 7) is 5.32. The van der Waals surface area contributed by atoms with Crippen LogP contribution < -0.4 is 11.5 Å². The summed E-state index contributed by atoms with van der Waals surface area (Å²) in [5, 5.41) is 0. The molecule has 0 radical (unpaired) electrons. The maximum Gasteiger partial charge on any atom is 0.0700 e.